The van der Waals surface area contributed by atoms with Gasteiger partial charge in [-0.2, -0.15) is 0 Å². The van der Waals surface area contributed by atoms with E-state index in [1.54, 1.807) is 0 Å². The lowest BCUT2D eigenvalue weighted by Crippen LogP contribution is -1.67. The van der Waals surface area contributed by atoms with Crippen LogP contribution in [0.5, 0.6) is 0 Å². The fraction of sp³-hybridized carbons (Fsp3) is 0.500. The Bertz CT molecular complexity index is 47.5. The molecule has 0 aliphatic carbocycles. The van der Waals surface area contributed by atoms with Crippen molar-refractivity contribution in [1.82, 2.24) is 0 Å². The third kappa shape index (κ3) is 4.12. The third-order valence-electron chi connectivity index (χ3n) is 0.195. The summed E-state index contributed by atoms with van der Waals surface area (Å²) in [5.41, 5.74) is 0. The Morgan fingerprint density at radius 1 is 1.83 bits per heavy atom. The van der Waals surface area contributed by atoms with Crippen molar-refractivity contribution < 1.29 is 9.36 Å². The van der Waals surface area contributed by atoms with Crippen molar-refractivity contribution in [3.8, 4) is 0 Å². The molecule has 0 spiro atoms. The molecule has 6 heavy (non-hydrogen) atoms. The van der Waals surface area contributed by atoms with Gasteiger partial charge in [0.2, 0.25) is 7.66 Å². The van der Waals surface area contributed by atoms with Gasteiger partial charge in [0.15, 0.2) is 0 Å². The summed E-state index contributed by atoms with van der Waals surface area (Å²) in [6.45, 7) is 0. The second-order valence-electron chi connectivity index (χ2n) is 0.537. The molecule has 0 N–H and O–H groups in total. The number of carbonyl (C=O) groups excluding carboxylic acids is 1. The Morgan fingerprint density at radius 3 is 2.67 bits per heavy atom. The van der Waals surface area contributed by atoms with Crippen molar-refractivity contribution in [3.05, 3.63) is 0 Å². The quantitative estimate of drug-likeness (QED) is 0.319. The predicted molar refractivity (Wildman–Crippen MR) is 26.1 cm³/mol. The molecule has 4 heteroatoms. The van der Waals surface area contributed by atoms with Crippen LogP contribution in [0.25, 0.3) is 0 Å². The molecule has 0 saturated heterocycles. The van der Waals surface area contributed by atoms with Gasteiger partial charge < -0.3 is 4.79 Å². The average Bonchev–Trinajstić information content (AvgIpc) is 1.61. The summed E-state index contributed by atoms with van der Waals surface area (Å²) in [7, 11) is -0.0192. The molecule has 34 valence electrons. The fourth-order valence-corrected chi connectivity index (χ4v) is 0.548. The highest BCUT2D eigenvalue weighted by Crippen LogP contribution is 2.13. The van der Waals surface area contributed by atoms with Gasteiger partial charge in [-0.25, -0.2) is 0 Å². The molecule has 0 aliphatic rings. The van der Waals surface area contributed by atoms with E-state index in [1.165, 1.54) is 0 Å². The molecular weight excluding hydrogens is 119 g/mol. The van der Waals surface area contributed by atoms with Crippen molar-refractivity contribution in [2.45, 2.75) is 0 Å². The Morgan fingerprint density at radius 2 is 2.50 bits per heavy atom. The van der Waals surface area contributed by atoms with Crippen LogP contribution in [0.2, 0.25) is 0 Å². The summed E-state index contributed by atoms with van der Waals surface area (Å²) in [5, 5.41) is 0. The van der Waals surface area contributed by atoms with Crippen LogP contribution in [0.1, 0.15) is 0 Å². The van der Waals surface area contributed by atoms with Gasteiger partial charge in [0, 0.05) is 0 Å². The monoisotopic (exact) mass is 122 g/mol. The van der Waals surface area contributed by atoms with Gasteiger partial charge in [0.05, 0.1) is 5.75 Å². The summed E-state index contributed by atoms with van der Waals surface area (Å²) in [5.74, 6) is 0.324. The van der Waals surface area contributed by atoms with Crippen molar-refractivity contribution >= 4 is 25.3 Å². The minimum absolute atomic E-state index is 0.0192. The molecule has 0 aromatic carbocycles. The highest BCUT2D eigenvalue weighted by atomic mass is 32.7. The number of carbonyl (C=O) groups is 1. The van der Waals surface area contributed by atoms with Gasteiger partial charge in [-0.05, 0) is 0 Å². The molecular formula is C2H3O2PS. The first-order valence-electron chi connectivity index (χ1n) is 1.30. The van der Waals surface area contributed by atoms with E-state index in [-0.39, 0.29) is 7.66 Å². The number of hydrogen-bond donors (Lipinski definition) is 0. The molecule has 0 rings (SSSR count). The Hall–Kier alpha value is 0.120. The van der Waals surface area contributed by atoms with E-state index in [4.69, 9.17) is 0 Å². The third-order valence-corrected chi connectivity index (χ3v) is 1.35. The Labute approximate surface area is 41.3 Å². The summed E-state index contributed by atoms with van der Waals surface area (Å²) in [6, 6.07) is 0. The van der Waals surface area contributed by atoms with Crippen LogP contribution in [0.3, 0.4) is 0 Å². The van der Waals surface area contributed by atoms with Gasteiger partial charge in [0.25, 0.3) is 0 Å². The number of rotatable bonds is 3. The van der Waals surface area contributed by atoms with E-state index in [2.05, 4.69) is 0 Å². The molecule has 0 aromatic heterocycles. The van der Waals surface area contributed by atoms with E-state index in [0.29, 0.717) is 5.75 Å². The second-order valence-corrected chi connectivity index (χ2v) is 2.50. The zero-order valence-corrected chi connectivity index (χ0v) is 4.67. The zero-order chi connectivity index (χ0) is 4.83. The number of hydrogen-bond acceptors (Lipinski definition) is 3. The lowest BCUT2D eigenvalue weighted by Gasteiger charge is -1.67. The zero-order valence-electron chi connectivity index (χ0n) is 2.96. The van der Waals surface area contributed by atoms with Crippen LogP contribution in [0.15, 0.2) is 0 Å². The molecule has 0 amide bonds. The maximum Gasteiger partial charge on any atom is 0.227 e. The van der Waals surface area contributed by atoms with Crippen molar-refractivity contribution in [2.24, 2.45) is 0 Å². The first kappa shape index (κ1) is 6.12. The van der Waals surface area contributed by atoms with E-state index in [1.807, 2.05) is 0 Å². The average molecular weight is 122 g/mol. The Kier molecular flexibility index (Phi) is 5.22. The van der Waals surface area contributed by atoms with Crippen LogP contribution < -0.4 is 0 Å². The summed E-state index contributed by atoms with van der Waals surface area (Å²) in [6.07, 6.45) is 0.718. The molecule has 0 aromatic rings. The fourth-order valence-electron chi connectivity index (χ4n) is 0.0609. The van der Waals surface area contributed by atoms with E-state index in [0.717, 1.165) is 17.7 Å². The highest BCUT2D eigenvalue weighted by molar-refractivity contribution is 8.46. The van der Waals surface area contributed by atoms with Crippen molar-refractivity contribution in [1.29, 1.82) is 0 Å². The predicted octanol–water partition coefficient (Wildman–Crippen LogP) is 1.13. The first-order valence-corrected chi connectivity index (χ1v) is 3.70. The smallest absolute Gasteiger partial charge is 0.227 e. The molecule has 0 fully saturated rings. The molecule has 0 heterocycles. The van der Waals surface area contributed by atoms with Crippen LogP contribution in [0.4, 0.5) is 0 Å². The maximum atomic E-state index is 9.47. The molecule has 0 saturated carbocycles. The molecule has 0 aliphatic heterocycles. The molecule has 2 nitrogen and oxygen atoms in total. The normalized spacial score (nSPS) is 8.67. The van der Waals surface area contributed by atoms with Crippen LogP contribution in [0, 0.1) is 0 Å². The molecule has 0 unspecified atom stereocenters. The largest absolute Gasteiger partial charge is 0.302 e. The van der Waals surface area contributed by atoms with E-state index >= 15 is 0 Å². The molecule has 0 atom stereocenters. The van der Waals surface area contributed by atoms with Crippen molar-refractivity contribution in [2.75, 3.05) is 5.75 Å². The van der Waals surface area contributed by atoms with Gasteiger partial charge in [-0.15, -0.1) is 0 Å². The Balaban J connectivity index is 2.66. The lowest BCUT2D eigenvalue weighted by molar-refractivity contribution is -0.105. The molecule has 0 bridgehead atoms. The summed E-state index contributed by atoms with van der Waals surface area (Å²) >= 11 is 1.06. The van der Waals surface area contributed by atoms with E-state index in [9.17, 15) is 9.36 Å². The summed E-state index contributed by atoms with van der Waals surface area (Å²) in [4.78, 5) is 9.40. The van der Waals surface area contributed by atoms with Crippen molar-refractivity contribution in [3.63, 3.8) is 0 Å². The van der Waals surface area contributed by atoms with Crippen LogP contribution in [-0.2, 0) is 9.36 Å². The minimum Gasteiger partial charge on any atom is -0.302 e. The van der Waals surface area contributed by atoms with Gasteiger partial charge in [-0.3, -0.25) is 4.57 Å². The molecule has 0 radical (unpaired) electrons. The topological polar surface area (TPSA) is 34.1 Å². The van der Waals surface area contributed by atoms with Gasteiger partial charge in [-0.1, -0.05) is 11.4 Å². The highest BCUT2D eigenvalue weighted by Gasteiger charge is 1.76. The van der Waals surface area contributed by atoms with Gasteiger partial charge >= 0.3 is 0 Å². The SMILES string of the molecule is O=CCSP=O. The van der Waals surface area contributed by atoms with Crippen LogP contribution in [-0.4, -0.2) is 12.0 Å². The number of aldehydes is 1. The van der Waals surface area contributed by atoms with E-state index < -0.39 is 0 Å². The second kappa shape index (κ2) is 5.12. The summed E-state index contributed by atoms with van der Waals surface area (Å²) < 4.78 is 9.47. The van der Waals surface area contributed by atoms with Crippen LogP contribution >= 0.6 is 19.0 Å². The minimum atomic E-state index is -0.0192. The standard InChI is InChI=1S/C2H3O2PS/c3-1-2-6-5-4/h1H,2H2. The lowest BCUT2D eigenvalue weighted by atomic mass is 10.9. The maximum absolute atomic E-state index is 9.47. The first-order chi connectivity index (χ1) is 2.91. The van der Waals surface area contributed by atoms with Gasteiger partial charge in [0.1, 0.15) is 6.29 Å².